The van der Waals surface area contributed by atoms with Gasteiger partial charge in [-0.2, -0.15) is 0 Å². The van der Waals surface area contributed by atoms with Gasteiger partial charge in [0.25, 0.3) is 11.8 Å². The van der Waals surface area contributed by atoms with Crippen molar-refractivity contribution in [3.8, 4) is 0 Å². The summed E-state index contributed by atoms with van der Waals surface area (Å²) in [6.07, 6.45) is 7.09. The number of aryl methyl sites for hydroxylation is 2. The van der Waals surface area contributed by atoms with Crippen LogP contribution in [0.4, 0.5) is 0 Å². The van der Waals surface area contributed by atoms with Gasteiger partial charge in [-0.05, 0) is 68.3 Å². The number of carbonyl (C=O) groups is 5. The molecule has 6 heterocycles. The Kier molecular flexibility index (Phi) is 39.7. The van der Waals surface area contributed by atoms with E-state index in [-0.39, 0.29) is 122 Å². The first-order valence-electron chi connectivity index (χ1n) is 22.7. The van der Waals surface area contributed by atoms with E-state index in [1.165, 1.54) is 40.2 Å². The Bertz CT molecular complexity index is 2410. The summed E-state index contributed by atoms with van der Waals surface area (Å²) in [7, 11) is 0. The molecule has 4 amide bonds. The first kappa shape index (κ1) is 74.0. The van der Waals surface area contributed by atoms with Gasteiger partial charge in [-0.3, -0.25) is 29.0 Å². The predicted molar refractivity (Wildman–Crippen MR) is 297 cm³/mol. The molecule has 0 spiro atoms. The van der Waals surface area contributed by atoms with E-state index in [0.29, 0.717) is 34.3 Å². The third-order valence-corrected chi connectivity index (χ3v) is 14.2. The molecule has 4 aliphatic rings. The number of aliphatic carboxylic acids is 1. The maximum atomic E-state index is 12.7. The average Bonchev–Trinajstić information content (AvgIpc) is 4.01. The molecule has 4 aromatic rings. The van der Waals surface area contributed by atoms with Crippen molar-refractivity contribution in [1.82, 2.24) is 30.7 Å². The third kappa shape index (κ3) is 21.0. The van der Waals surface area contributed by atoms with Crippen LogP contribution < -0.4 is 10.6 Å². The molecule has 0 saturated carbocycles. The van der Waals surface area contributed by atoms with E-state index in [4.69, 9.17) is 9.05 Å². The van der Waals surface area contributed by atoms with Gasteiger partial charge in [-0.1, -0.05) is 122 Å². The number of β-lactam (4-membered cyclic amide) rings is 2. The van der Waals surface area contributed by atoms with Crippen molar-refractivity contribution in [2.75, 3.05) is 23.0 Å². The fourth-order valence-corrected chi connectivity index (χ4v) is 10.8. The monoisotopic (exact) mass is 1230 g/mol. The molecule has 3 N–H and O–H groups in total. The Hall–Kier alpha value is -3.22. The molecule has 14 nitrogen and oxygen atoms in total. The van der Waals surface area contributed by atoms with E-state index in [0.717, 1.165) is 32.5 Å². The van der Waals surface area contributed by atoms with Crippen LogP contribution in [0.2, 0.25) is 0 Å². The van der Waals surface area contributed by atoms with E-state index in [1.807, 2.05) is 148 Å². The number of carboxylic acids is 1. The molecule has 8 rings (SSSR count). The Balaban J connectivity index is -0.00000112. The zero-order chi connectivity index (χ0) is 50.3. The number of hydrogen-bond acceptors (Lipinski definition) is 13. The minimum Gasteiger partial charge on any atom is -0.477 e. The standard InChI is InChI=1S/C21H19N3O5S2.C21H21N3O3S2.4C2H6.CH4.2CH3.2Y/c1-12-9-14(29-23-12)8-7-13-10-31-20-17(19(26)24(20)18(13)21(27)28)22-16(25)11-30-15-5-3-2-4-6-15;1-13-10-16(27-23-13)9-8-15-11-29-21-19(20(26)24(21)14(15)2)22-18(25)12-28-17-6-4-3-5-7-17;4*1-2;;;;;/h2-9,17,20H,10-11H2,1H3,(H,22,25)(H,27,28);3-10,19,21H,11-12H2,1-2H3,(H,22,25);4*1-2H3;1H4;2*1H3;;/q;;;;;;;2*-1;;. The molecule has 2 fully saturated rings. The van der Waals surface area contributed by atoms with Gasteiger partial charge in [0.05, 0.1) is 22.9 Å². The predicted octanol–water partition coefficient (Wildman–Crippen LogP) is 11.6. The number of hydrogen-bond donors (Lipinski definition) is 3. The molecule has 396 valence electrons. The van der Waals surface area contributed by atoms with Gasteiger partial charge in [-0.25, -0.2) is 4.79 Å². The maximum Gasteiger partial charge on any atom is 0.352 e. The van der Waals surface area contributed by atoms with Crippen LogP contribution in [0.15, 0.2) is 126 Å². The number of allylic oxidation sites excluding steroid dienone is 3. The van der Waals surface area contributed by atoms with Gasteiger partial charge in [-0.15, -0.1) is 47.0 Å². The van der Waals surface area contributed by atoms with Gasteiger partial charge < -0.3 is 39.6 Å². The van der Waals surface area contributed by atoms with Crippen molar-refractivity contribution in [3.63, 3.8) is 0 Å². The van der Waals surface area contributed by atoms with E-state index < -0.39 is 29.3 Å². The van der Waals surface area contributed by atoms with Crippen molar-refractivity contribution in [2.45, 2.75) is 116 Å². The minimum absolute atomic E-state index is 0. The summed E-state index contributed by atoms with van der Waals surface area (Å²) in [5.74, 6) is 0.778. The SMILES string of the molecule is C.CC.CC.CC.CC.CC1=C(C=Cc2cc(C)no2)CSC2C(NC(=O)CSc3ccccc3)C(=O)N12.Cc1cc(C=CC2=C(C(=O)O)N3C(=O)C(NC(=O)CSc4ccccc4)C3SC2)on1.[CH3-].[CH3-].[Y].[Y]. The van der Waals surface area contributed by atoms with Crippen molar-refractivity contribution < 1.29 is 104 Å². The zero-order valence-corrected chi connectivity index (χ0v) is 52.7. The first-order chi connectivity index (χ1) is 33.0. The van der Waals surface area contributed by atoms with Crippen LogP contribution in [0.1, 0.15) is 92.6 Å². The number of thioether (sulfide) groups is 4. The van der Waals surface area contributed by atoms with Crippen LogP contribution in [-0.2, 0) is 89.4 Å². The molecule has 4 unspecified atom stereocenters. The fraction of sp³-hybridized carbons (Fsp3) is 0.377. The van der Waals surface area contributed by atoms with Crippen LogP contribution in [0.5, 0.6) is 0 Å². The summed E-state index contributed by atoms with van der Waals surface area (Å²) in [5.41, 5.74) is 3.97. The second-order valence-corrected chi connectivity index (χ2v) is 18.1. The Morgan fingerprint density at radius 2 is 1.01 bits per heavy atom. The second-order valence-electron chi connectivity index (χ2n) is 13.8. The molecule has 0 bridgehead atoms. The molecule has 4 aliphatic heterocycles. The van der Waals surface area contributed by atoms with Crippen LogP contribution in [0.25, 0.3) is 12.2 Å². The normalized spacial score (nSPS) is 17.5. The molecule has 0 aliphatic carbocycles. The topological polar surface area (TPSA) is 188 Å². The van der Waals surface area contributed by atoms with E-state index in [1.54, 1.807) is 41.8 Å². The number of carboxylic acid groups (broad SMARTS) is 1. The summed E-state index contributed by atoms with van der Waals surface area (Å²) in [5, 5.41) is 22.5. The van der Waals surface area contributed by atoms with E-state index in [9.17, 15) is 29.1 Å². The molecular weight excluding hydrogens is 1150 g/mol. The van der Waals surface area contributed by atoms with E-state index in [2.05, 4.69) is 20.9 Å². The Labute approximate surface area is 502 Å². The molecule has 4 atom stereocenters. The number of benzene rings is 2. The Morgan fingerprint density at radius 1 is 0.644 bits per heavy atom. The van der Waals surface area contributed by atoms with Crippen molar-refractivity contribution in [2.24, 2.45) is 0 Å². The van der Waals surface area contributed by atoms with Crippen LogP contribution in [0, 0.1) is 28.7 Å². The third-order valence-electron chi connectivity index (χ3n) is 9.53. The number of nitrogens with zero attached hydrogens (tertiary/aromatic N) is 4. The molecule has 2 aromatic heterocycles. The van der Waals surface area contributed by atoms with Crippen LogP contribution >= 0.6 is 47.0 Å². The van der Waals surface area contributed by atoms with Gasteiger partial charge >= 0.3 is 5.97 Å². The van der Waals surface area contributed by atoms with E-state index >= 15 is 0 Å². The average molecular weight is 1230 g/mol. The molecule has 73 heavy (non-hydrogen) atoms. The molecule has 2 saturated heterocycles. The number of fused-ring (bicyclic) bond motifs is 2. The summed E-state index contributed by atoms with van der Waals surface area (Å²) < 4.78 is 10.3. The summed E-state index contributed by atoms with van der Waals surface area (Å²) in [4.78, 5) is 66.8. The van der Waals surface area contributed by atoms with Crippen LogP contribution in [-0.4, -0.2) is 101 Å². The van der Waals surface area contributed by atoms with Gasteiger partial charge in [0.2, 0.25) is 11.8 Å². The molecular formula is C53H74N6O8S4Y2-2. The number of carbonyl (C=O) groups excluding carboxylic acids is 4. The molecule has 20 heteroatoms. The Morgan fingerprint density at radius 3 is 1.40 bits per heavy atom. The molecule has 2 aromatic carbocycles. The summed E-state index contributed by atoms with van der Waals surface area (Å²) >= 11 is 5.92. The van der Waals surface area contributed by atoms with Gasteiger partial charge in [0.1, 0.15) is 28.5 Å². The summed E-state index contributed by atoms with van der Waals surface area (Å²) in [6, 6.07) is 21.7. The number of nitrogens with one attached hydrogen (secondary N) is 2. The summed E-state index contributed by atoms with van der Waals surface area (Å²) in [6.45, 7) is 21.6. The molecule has 2 radical (unpaired) electrons. The largest absolute Gasteiger partial charge is 0.477 e. The van der Waals surface area contributed by atoms with Crippen LogP contribution in [0.3, 0.4) is 0 Å². The number of amides is 4. The maximum absolute atomic E-state index is 12.7. The van der Waals surface area contributed by atoms with Crippen molar-refractivity contribution in [3.05, 3.63) is 145 Å². The second kappa shape index (κ2) is 39.2. The quantitative estimate of drug-likeness (QED) is 0.0651. The number of rotatable bonds is 13. The zero-order valence-electron chi connectivity index (χ0n) is 43.8. The first-order valence-corrected chi connectivity index (χ1v) is 26.8. The smallest absolute Gasteiger partial charge is 0.352 e. The van der Waals surface area contributed by atoms with Crippen molar-refractivity contribution in [1.29, 1.82) is 0 Å². The fourth-order valence-electron chi connectivity index (χ4n) is 6.55. The van der Waals surface area contributed by atoms with Gasteiger partial charge in [0, 0.05) is 105 Å². The van der Waals surface area contributed by atoms with Crippen molar-refractivity contribution >= 4 is 88.8 Å². The van der Waals surface area contributed by atoms with Gasteiger partial charge in [0.15, 0.2) is 11.5 Å². The minimum atomic E-state index is -1.18. The number of aromatic nitrogens is 2.